The number of hydrogen-bond donors (Lipinski definition) is 2. The fourth-order valence-corrected chi connectivity index (χ4v) is 2.24. The van der Waals surface area contributed by atoms with Crippen LogP contribution in [0.15, 0.2) is 18.3 Å². The first-order valence-electron chi connectivity index (χ1n) is 6.83. The van der Waals surface area contributed by atoms with Gasteiger partial charge in [0.1, 0.15) is 0 Å². The van der Waals surface area contributed by atoms with Crippen molar-refractivity contribution in [1.29, 1.82) is 0 Å². The highest BCUT2D eigenvalue weighted by molar-refractivity contribution is 5.78. The van der Waals surface area contributed by atoms with Crippen molar-refractivity contribution in [1.82, 2.24) is 10.3 Å². The normalized spacial score (nSPS) is 15.6. The van der Waals surface area contributed by atoms with Gasteiger partial charge in [-0.15, -0.1) is 0 Å². The molecular weight excluding hydrogens is 242 g/mol. The molecule has 5 heteroatoms. The molecule has 19 heavy (non-hydrogen) atoms. The Morgan fingerprint density at radius 3 is 2.89 bits per heavy atom. The molecule has 1 fully saturated rings. The quantitative estimate of drug-likeness (QED) is 0.758. The highest BCUT2D eigenvalue weighted by atomic mass is 16.5. The molecule has 0 radical (unpaired) electrons. The molecule has 0 saturated heterocycles. The van der Waals surface area contributed by atoms with Gasteiger partial charge in [-0.2, -0.15) is 0 Å². The Morgan fingerprint density at radius 2 is 2.21 bits per heavy atom. The number of nitrogens with two attached hydrogens (primary N) is 1. The zero-order valence-corrected chi connectivity index (χ0v) is 11.1. The van der Waals surface area contributed by atoms with Crippen molar-refractivity contribution in [2.75, 3.05) is 18.9 Å². The fraction of sp³-hybridized carbons (Fsp3) is 0.571. The number of anilines is 1. The summed E-state index contributed by atoms with van der Waals surface area (Å²) in [6, 6.07) is 3.52. The Morgan fingerprint density at radius 1 is 1.42 bits per heavy atom. The number of aromatic nitrogens is 1. The van der Waals surface area contributed by atoms with E-state index in [1.165, 1.54) is 12.8 Å². The highest BCUT2D eigenvalue weighted by Crippen LogP contribution is 2.20. The van der Waals surface area contributed by atoms with E-state index >= 15 is 0 Å². The van der Waals surface area contributed by atoms with Gasteiger partial charge in [0.15, 0.2) is 0 Å². The van der Waals surface area contributed by atoms with Crippen molar-refractivity contribution in [2.24, 2.45) is 0 Å². The molecule has 0 bridgehead atoms. The Balaban J connectivity index is 1.60. The molecule has 2 rings (SSSR count). The van der Waals surface area contributed by atoms with Gasteiger partial charge in [0.05, 0.1) is 31.0 Å². The van der Waals surface area contributed by atoms with E-state index in [9.17, 15) is 4.79 Å². The third-order valence-electron chi connectivity index (χ3n) is 3.27. The molecule has 104 valence electrons. The molecule has 0 spiro atoms. The van der Waals surface area contributed by atoms with Crippen LogP contribution in [-0.4, -0.2) is 30.1 Å². The topological polar surface area (TPSA) is 77.2 Å². The summed E-state index contributed by atoms with van der Waals surface area (Å²) in [5.41, 5.74) is 6.87. The first-order valence-corrected chi connectivity index (χ1v) is 6.83. The van der Waals surface area contributed by atoms with Crippen LogP contribution in [0, 0.1) is 0 Å². The zero-order valence-electron chi connectivity index (χ0n) is 11.1. The summed E-state index contributed by atoms with van der Waals surface area (Å²) in [7, 11) is 0. The van der Waals surface area contributed by atoms with Crippen molar-refractivity contribution in [3.8, 4) is 0 Å². The summed E-state index contributed by atoms with van der Waals surface area (Å²) < 4.78 is 5.67. The number of nitrogens with one attached hydrogen (secondary N) is 1. The number of amides is 1. The van der Waals surface area contributed by atoms with E-state index in [2.05, 4.69) is 10.3 Å². The molecule has 1 aromatic heterocycles. The number of carbonyl (C=O) groups excluding carboxylic acids is 1. The van der Waals surface area contributed by atoms with E-state index in [0.29, 0.717) is 24.9 Å². The first-order chi connectivity index (χ1) is 9.24. The Labute approximate surface area is 113 Å². The average molecular weight is 263 g/mol. The van der Waals surface area contributed by atoms with E-state index in [-0.39, 0.29) is 12.3 Å². The summed E-state index contributed by atoms with van der Waals surface area (Å²) in [4.78, 5) is 15.7. The van der Waals surface area contributed by atoms with Crippen LogP contribution in [0.25, 0.3) is 0 Å². The van der Waals surface area contributed by atoms with E-state index in [4.69, 9.17) is 10.5 Å². The van der Waals surface area contributed by atoms with Gasteiger partial charge in [-0.05, 0) is 25.0 Å². The summed E-state index contributed by atoms with van der Waals surface area (Å²) in [5, 5.41) is 2.83. The Bertz CT molecular complexity index is 400. The van der Waals surface area contributed by atoms with Gasteiger partial charge in [-0.1, -0.05) is 12.8 Å². The number of hydrogen-bond acceptors (Lipinski definition) is 4. The van der Waals surface area contributed by atoms with Crippen LogP contribution in [-0.2, 0) is 16.0 Å². The summed E-state index contributed by atoms with van der Waals surface area (Å²) >= 11 is 0. The molecule has 0 atom stereocenters. The lowest BCUT2D eigenvalue weighted by molar-refractivity contribution is -0.120. The second-order valence-corrected chi connectivity index (χ2v) is 4.89. The van der Waals surface area contributed by atoms with Gasteiger partial charge in [0, 0.05) is 12.2 Å². The minimum Gasteiger partial charge on any atom is -0.397 e. The van der Waals surface area contributed by atoms with Crippen LogP contribution >= 0.6 is 0 Å². The smallest absolute Gasteiger partial charge is 0.226 e. The molecule has 1 aliphatic rings. The minimum absolute atomic E-state index is 0.0349. The van der Waals surface area contributed by atoms with Crippen molar-refractivity contribution >= 4 is 11.6 Å². The van der Waals surface area contributed by atoms with Gasteiger partial charge in [-0.25, -0.2) is 0 Å². The molecule has 1 amide bonds. The summed E-state index contributed by atoms with van der Waals surface area (Å²) in [6.45, 7) is 1.15. The van der Waals surface area contributed by atoms with E-state index in [0.717, 1.165) is 18.5 Å². The first kappa shape index (κ1) is 13.8. The van der Waals surface area contributed by atoms with Crippen molar-refractivity contribution in [3.63, 3.8) is 0 Å². The zero-order chi connectivity index (χ0) is 13.5. The Kier molecular flexibility index (Phi) is 5.15. The predicted molar refractivity (Wildman–Crippen MR) is 73.6 cm³/mol. The third-order valence-corrected chi connectivity index (χ3v) is 3.27. The lowest BCUT2D eigenvalue weighted by Crippen LogP contribution is -2.29. The number of nitrogen functional groups attached to an aromatic ring is 1. The number of nitrogens with zero attached hydrogens (tertiary/aromatic N) is 1. The monoisotopic (exact) mass is 263 g/mol. The fourth-order valence-electron chi connectivity index (χ4n) is 2.24. The largest absolute Gasteiger partial charge is 0.397 e. The molecule has 0 unspecified atom stereocenters. The molecule has 1 aromatic rings. The van der Waals surface area contributed by atoms with Gasteiger partial charge < -0.3 is 15.8 Å². The van der Waals surface area contributed by atoms with Crippen LogP contribution in [0.2, 0.25) is 0 Å². The Hall–Kier alpha value is -1.62. The van der Waals surface area contributed by atoms with Crippen LogP contribution in [0.4, 0.5) is 5.69 Å². The molecule has 1 aliphatic carbocycles. The van der Waals surface area contributed by atoms with Gasteiger partial charge >= 0.3 is 0 Å². The van der Waals surface area contributed by atoms with Crippen molar-refractivity contribution in [2.45, 2.75) is 38.2 Å². The molecule has 0 aromatic carbocycles. The molecule has 1 heterocycles. The van der Waals surface area contributed by atoms with E-state index < -0.39 is 0 Å². The summed E-state index contributed by atoms with van der Waals surface area (Å²) in [6.07, 6.45) is 7.08. The lowest BCUT2D eigenvalue weighted by atomic mass is 10.2. The lowest BCUT2D eigenvalue weighted by Gasteiger charge is -2.11. The molecule has 0 aliphatic heterocycles. The molecule has 5 nitrogen and oxygen atoms in total. The molecule has 1 saturated carbocycles. The second kappa shape index (κ2) is 7.09. The number of pyridine rings is 1. The van der Waals surface area contributed by atoms with Gasteiger partial charge in [0.2, 0.25) is 5.91 Å². The van der Waals surface area contributed by atoms with Crippen molar-refractivity contribution in [3.05, 3.63) is 24.0 Å². The van der Waals surface area contributed by atoms with Gasteiger partial charge in [-0.3, -0.25) is 9.78 Å². The molecular formula is C14H21N3O2. The maximum Gasteiger partial charge on any atom is 0.226 e. The van der Waals surface area contributed by atoms with Crippen LogP contribution < -0.4 is 11.1 Å². The number of rotatable bonds is 6. The number of ether oxygens (including phenoxy) is 1. The maximum atomic E-state index is 11.7. The second-order valence-electron chi connectivity index (χ2n) is 4.89. The maximum absolute atomic E-state index is 11.7. The molecule has 3 N–H and O–H groups in total. The summed E-state index contributed by atoms with van der Waals surface area (Å²) in [5.74, 6) is -0.0349. The highest BCUT2D eigenvalue weighted by Gasteiger charge is 2.14. The van der Waals surface area contributed by atoms with Gasteiger partial charge in [0.25, 0.3) is 0 Å². The average Bonchev–Trinajstić information content (AvgIpc) is 2.91. The van der Waals surface area contributed by atoms with Crippen LogP contribution in [0.1, 0.15) is 31.4 Å². The third kappa shape index (κ3) is 4.87. The number of carbonyl (C=O) groups is 1. The van der Waals surface area contributed by atoms with Crippen LogP contribution in [0.5, 0.6) is 0 Å². The standard InChI is InChI=1S/C14H21N3O2/c15-11-5-6-12(17-10-11)9-14(18)16-7-8-19-13-3-1-2-4-13/h5-6,10,13H,1-4,7-9,15H2,(H,16,18). The van der Waals surface area contributed by atoms with E-state index in [1.807, 2.05) is 0 Å². The SMILES string of the molecule is Nc1ccc(CC(=O)NCCOC2CCCC2)nc1. The van der Waals surface area contributed by atoms with E-state index in [1.54, 1.807) is 18.3 Å². The van der Waals surface area contributed by atoms with Crippen LogP contribution in [0.3, 0.4) is 0 Å². The predicted octanol–water partition coefficient (Wildman–Crippen LogP) is 1.28. The van der Waals surface area contributed by atoms with Crippen molar-refractivity contribution < 1.29 is 9.53 Å². The minimum atomic E-state index is -0.0349.